The molecule has 1 aliphatic rings. The molecule has 0 spiro atoms. The van der Waals surface area contributed by atoms with Crippen molar-refractivity contribution in [3.8, 4) is 0 Å². The van der Waals surface area contributed by atoms with E-state index in [9.17, 15) is 8.78 Å². The number of halogens is 2. The monoisotopic (exact) mass is 256 g/mol. The van der Waals surface area contributed by atoms with Crippen molar-refractivity contribution in [2.75, 3.05) is 37.7 Å². The third-order valence-electron chi connectivity index (χ3n) is 3.10. The summed E-state index contributed by atoms with van der Waals surface area (Å²) in [5, 5.41) is 0. The highest BCUT2D eigenvalue weighted by molar-refractivity contribution is 5.51. The molecule has 0 radical (unpaired) electrons. The minimum atomic E-state index is -0.398. The van der Waals surface area contributed by atoms with Gasteiger partial charge < -0.3 is 15.4 Å². The van der Waals surface area contributed by atoms with Gasteiger partial charge in [-0.15, -0.1) is 0 Å². The van der Waals surface area contributed by atoms with Crippen LogP contribution in [-0.4, -0.2) is 32.8 Å². The molecule has 0 aliphatic carbocycles. The largest absolute Gasteiger partial charge is 0.378 e. The molecule has 18 heavy (non-hydrogen) atoms. The Kier molecular flexibility index (Phi) is 4.49. The zero-order valence-corrected chi connectivity index (χ0v) is 10.3. The first kappa shape index (κ1) is 13.2. The molecule has 0 saturated carbocycles. The summed E-state index contributed by atoms with van der Waals surface area (Å²) in [6.07, 6.45) is 1.13. The number of anilines is 1. The van der Waals surface area contributed by atoms with Gasteiger partial charge in [0.25, 0.3) is 0 Å². The second kappa shape index (κ2) is 6.11. The topological polar surface area (TPSA) is 38.5 Å². The lowest BCUT2D eigenvalue weighted by Crippen LogP contribution is -2.37. The molecule has 2 N–H and O–H groups in total. The number of benzene rings is 1. The van der Waals surface area contributed by atoms with Gasteiger partial charge in [-0.05, 0) is 31.0 Å². The molecule has 0 bridgehead atoms. The lowest BCUT2D eigenvalue weighted by atomic mass is 10.1. The van der Waals surface area contributed by atoms with Crippen LogP contribution in [0.5, 0.6) is 0 Å². The number of nitrogens with two attached hydrogens (primary N) is 1. The summed E-state index contributed by atoms with van der Waals surface area (Å²) in [6.45, 7) is 2.76. The molecule has 1 heterocycles. The normalized spacial score (nSPS) is 16.1. The predicted molar refractivity (Wildman–Crippen MR) is 66.8 cm³/mol. The van der Waals surface area contributed by atoms with E-state index in [0.29, 0.717) is 56.9 Å². The van der Waals surface area contributed by atoms with Crippen molar-refractivity contribution in [2.24, 2.45) is 5.73 Å². The molecule has 0 atom stereocenters. The van der Waals surface area contributed by atoms with E-state index >= 15 is 0 Å². The molecule has 2 rings (SSSR count). The Labute approximate surface area is 106 Å². The van der Waals surface area contributed by atoms with Gasteiger partial charge in [-0.25, -0.2) is 8.78 Å². The molecule has 1 aromatic rings. The third kappa shape index (κ3) is 2.97. The van der Waals surface area contributed by atoms with E-state index in [0.717, 1.165) is 0 Å². The molecule has 1 fully saturated rings. The van der Waals surface area contributed by atoms with Crippen molar-refractivity contribution >= 4 is 5.69 Å². The fraction of sp³-hybridized carbons (Fsp3) is 0.538. The van der Waals surface area contributed by atoms with Crippen molar-refractivity contribution < 1.29 is 13.5 Å². The molecule has 1 aromatic carbocycles. The minimum Gasteiger partial charge on any atom is -0.378 e. The van der Waals surface area contributed by atoms with E-state index in [4.69, 9.17) is 10.5 Å². The van der Waals surface area contributed by atoms with Crippen LogP contribution in [0.25, 0.3) is 0 Å². The smallest absolute Gasteiger partial charge is 0.149 e. The van der Waals surface area contributed by atoms with Crippen LogP contribution in [0, 0.1) is 11.6 Å². The van der Waals surface area contributed by atoms with Gasteiger partial charge in [0.1, 0.15) is 11.6 Å². The summed E-state index contributed by atoms with van der Waals surface area (Å²) < 4.78 is 33.0. The third-order valence-corrected chi connectivity index (χ3v) is 3.10. The van der Waals surface area contributed by atoms with Gasteiger partial charge in [-0.2, -0.15) is 0 Å². The molecular formula is C13H18F2N2O. The quantitative estimate of drug-likeness (QED) is 0.891. The van der Waals surface area contributed by atoms with Gasteiger partial charge in [0.2, 0.25) is 0 Å². The molecule has 1 saturated heterocycles. The second-order valence-electron chi connectivity index (χ2n) is 4.39. The van der Waals surface area contributed by atoms with Crippen LogP contribution in [0.15, 0.2) is 12.1 Å². The van der Waals surface area contributed by atoms with E-state index in [1.54, 1.807) is 0 Å². The van der Waals surface area contributed by atoms with Gasteiger partial charge in [-0.1, -0.05) is 0 Å². The Balaban J connectivity index is 2.25. The Morgan fingerprint density at radius 1 is 1.22 bits per heavy atom. The SMILES string of the molecule is NCCCc1cc(F)cc(N2CCOCC2)c1F. The zero-order chi connectivity index (χ0) is 13.0. The number of morpholine rings is 1. The lowest BCUT2D eigenvalue weighted by molar-refractivity contribution is 0.122. The highest BCUT2D eigenvalue weighted by atomic mass is 19.1. The van der Waals surface area contributed by atoms with Crippen molar-refractivity contribution in [2.45, 2.75) is 12.8 Å². The first-order chi connectivity index (χ1) is 8.72. The van der Waals surface area contributed by atoms with Gasteiger partial charge >= 0.3 is 0 Å². The van der Waals surface area contributed by atoms with Crippen LogP contribution in [-0.2, 0) is 11.2 Å². The summed E-state index contributed by atoms with van der Waals surface area (Å²) in [6, 6.07) is 2.52. The molecular weight excluding hydrogens is 238 g/mol. The fourth-order valence-electron chi connectivity index (χ4n) is 2.14. The molecule has 3 nitrogen and oxygen atoms in total. The van der Waals surface area contributed by atoms with E-state index in [2.05, 4.69) is 0 Å². The predicted octanol–water partition coefficient (Wildman–Crippen LogP) is 1.69. The first-order valence-corrected chi connectivity index (χ1v) is 6.23. The van der Waals surface area contributed by atoms with Crippen molar-refractivity contribution in [1.29, 1.82) is 0 Å². The highest BCUT2D eigenvalue weighted by Crippen LogP contribution is 2.25. The van der Waals surface area contributed by atoms with Gasteiger partial charge in [-0.3, -0.25) is 0 Å². The van der Waals surface area contributed by atoms with Gasteiger partial charge in [0.15, 0.2) is 0 Å². The molecule has 1 aliphatic heterocycles. The van der Waals surface area contributed by atoms with Crippen molar-refractivity contribution in [3.63, 3.8) is 0 Å². The van der Waals surface area contributed by atoms with Gasteiger partial charge in [0, 0.05) is 19.2 Å². The summed E-state index contributed by atoms with van der Waals surface area (Å²) >= 11 is 0. The number of rotatable bonds is 4. The maximum atomic E-state index is 14.3. The maximum Gasteiger partial charge on any atom is 0.149 e. The Bertz CT molecular complexity index is 406. The summed E-state index contributed by atoms with van der Waals surface area (Å²) in [5.74, 6) is -0.725. The van der Waals surface area contributed by atoms with E-state index in [1.165, 1.54) is 12.1 Å². The number of ether oxygens (including phenoxy) is 1. The number of hydrogen-bond donors (Lipinski definition) is 1. The summed E-state index contributed by atoms with van der Waals surface area (Å²) in [4.78, 5) is 1.83. The number of nitrogens with zero attached hydrogens (tertiary/aromatic N) is 1. The molecule has 100 valence electrons. The number of hydrogen-bond acceptors (Lipinski definition) is 3. The van der Waals surface area contributed by atoms with Crippen LogP contribution in [0.1, 0.15) is 12.0 Å². The Morgan fingerprint density at radius 2 is 1.94 bits per heavy atom. The van der Waals surface area contributed by atoms with Crippen LogP contribution < -0.4 is 10.6 Å². The maximum absolute atomic E-state index is 14.3. The van der Waals surface area contributed by atoms with Crippen LogP contribution in [0.4, 0.5) is 14.5 Å². The zero-order valence-electron chi connectivity index (χ0n) is 10.3. The van der Waals surface area contributed by atoms with E-state index in [1.807, 2.05) is 4.90 Å². The van der Waals surface area contributed by atoms with E-state index < -0.39 is 5.82 Å². The second-order valence-corrected chi connectivity index (χ2v) is 4.39. The fourth-order valence-corrected chi connectivity index (χ4v) is 2.14. The van der Waals surface area contributed by atoms with Crippen LogP contribution in [0.2, 0.25) is 0 Å². The van der Waals surface area contributed by atoms with Crippen LogP contribution >= 0.6 is 0 Å². The lowest BCUT2D eigenvalue weighted by Gasteiger charge is -2.29. The molecule has 0 amide bonds. The molecule has 0 aromatic heterocycles. The Morgan fingerprint density at radius 3 is 2.61 bits per heavy atom. The minimum absolute atomic E-state index is 0.327. The average Bonchev–Trinajstić information content (AvgIpc) is 2.40. The van der Waals surface area contributed by atoms with Crippen molar-refractivity contribution in [1.82, 2.24) is 0 Å². The average molecular weight is 256 g/mol. The summed E-state index contributed by atoms with van der Waals surface area (Å²) in [5.41, 5.74) is 6.15. The summed E-state index contributed by atoms with van der Waals surface area (Å²) in [7, 11) is 0. The molecule has 0 unspecified atom stereocenters. The van der Waals surface area contributed by atoms with Crippen molar-refractivity contribution in [3.05, 3.63) is 29.3 Å². The first-order valence-electron chi connectivity index (χ1n) is 6.23. The highest BCUT2D eigenvalue weighted by Gasteiger charge is 2.18. The molecule has 5 heteroatoms. The van der Waals surface area contributed by atoms with Gasteiger partial charge in [0.05, 0.1) is 18.9 Å². The number of aryl methyl sites for hydroxylation is 1. The van der Waals surface area contributed by atoms with Crippen LogP contribution in [0.3, 0.4) is 0 Å². The Hall–Kier alpha value is -1.20. The standard InChI is InChI=1S/C13H18F2N2O/c14-11-8-10(2-1-3-16)13(15)12(9-11)17-4-6-18-7-5-17/h8-9H,1-7,16H2. The van der Waals surface area contributed by atoms with E-state index in [-0.39, 0.29) is 5.82 Å².